The van der Waals surface area contributed by atoms with Gasteiger partial charge >= 0.3 is 5.97 Å². The van der Waals surface area contributed by atoms with Crippen molar-refractivity contribution in [2.24, 2.45) is 5.92 Å². The van der Waals surface area contributed by atoms with Gasteiger partial charge in [0, 0.05) is 12.5 Å². The van der Waals surface area contributed by atoms with Gasteiger partial charge in [-0.05, 0) is 65.0 Å². The second kappa shape index (κ2) is 7.09. The first-order chi connectivity index (χ1) is 9.20. The molecular formula is C16H27NO2. The maximum absolute atomic E-state index is 11.3. The summed E-state index contributed by atoms with van der Waals surface area (Å²) in [7, 11) is 2.26. The number of esters is 1. The summed E-state index contributed by atoms with van der Waals surface area (Å²) in [5.74, 6) is 0.837. The fourth-order valence-corrected chi connectivity index (χ4v) is 3.53. The molecule has 3 heteroatoms. The van der Waals surface area contributed by atoms with Crippen LogP contribution in [0, 0.1) is 5.92 Å². The number of rotatable bonds is 4. The van der Waals surface area contributed by atoms with E-state index < -0.39 is 0 Å². The largest absolute Gasteiger partial charge is 0.466 e. The van der Waals surface area contributed by atoms with Gasteiger partial charge in [-0.1, -0.05) is 11.6 Å². The van der Waals surface area contributed by atoms with Crippen molar-refractivity contribution in [3.05, 3.63) is 11.6 Å². The maximum Gasteiger partial charge on any atom is 0.306 e. The van der Waals surface area contributed by atoms with E-state index in [0.717, 1.165) is 18.4 Å². The third-order valence-corrected chi connectivity index (χ3v) is 4.59. The lowest BCUT2D eigenvalue weighted by Crippen LogP contribution is -2.44. The lowest BCUT2D eigenvalue weighted by Gasteiger charge is -2.43. The van der Waals surface area contributed by atoms with Crippen LogP contribution in [-0.4, -0.2) is 37.1 Å². The molecule has 2 aliphatic rings. The Morgan fingerprint density at radius 2 is 2.32 bits per heavy atom. The Kier molecular flexibility index (Phi) is 5.44. The highest BCUT2D eigenvalue weighted by Crippen LogP contribution is 2.37. The van der Waals surface area contributed by atoms with Crippen LogP contribution in [0.1, 0.15) is 51.9 Å². The molecule has 1 aliphatic carbocycles. The van der Waals surface area contributed by atoms with E-state index in [1.807, 2.05) is 6.92 Å². The maximum atomic E-state index is 11.3. The van der Waals surface area contributed by atoms with E-state index in [4.69, 9.17) is 4.74 Å². The van der Waals surface area contributed by atoms with Crippen LogP contribution in [0.4, 0.5) is 0 Å². The molecule has 1 aliphatic heterocycles. The van der Waals surface area contributed by atoms with Crippen molar-refractivity contribution >= 4 is 5.97 Å². The zero-order valence-electron chi connectivity index (χ0n) is 12.4. The Balaban J connectivity index is 1.80. The van der Waals surface area contributed by atoms with Crippen molar-refractivity contribution in [1.82, 2.24) is 4.90 Å². The number of ether oxygens (including phenoxy) is 1. The number of fused-ring (bicyclic) bond motifs is 1. The Morgan fingerprint density at radius 1 is 1.47 bits per heavy atom. The van der Waals surface area contributed by atoms with Crippen LogP contribution >= 0.6 is 0 Å². The summed E-state index contributed by atoms with van der Waals surface area (Å²) in [6.07, 6.45) is 10.2. The molecule has 0 bridgehead atoms. The minimum atomic E-state index is -0.0668. The van der Waals surface area contributed by atoms with E-state index in [-0.39, 0.29) is 5.97 Å². The molecule has 1 saturated heterocycles. The molecule has 19 heavy (non-hydrogen) atoms. The fourth-order valence-electron chi connectivity index (χ4n) is 3.53. The van der Waals surface area contributed by atoms with Crippen molar-refractivity contribution in [3.8, 4) is 0 Å². The summed E-state index contributed by atoms with van der Waals surface area (Å²) in [4.78, 5) is 13.8. The van der Waals surface area contributed by atoms with E-state index in [9.17, 15) is 4.79 Å². The number of allylic oxidation sites excluding steroid dienone is 1. The molecule has 1 saturated carbocycles. The molecule has 2 atom stereocenters. The van der Waals surface area contributed by atoms with Crippen molar-refractivity contribution in [1.29, 1.82) is 0 Å². The van der Waals surface area contributed by atoms with Gasteiger partial charge in [-0.3, -0.25) is 4.79 Å². The van der Waals surface area contributed by atoms with E-state index in [1.54, 1.807) is 5.57 Å². The monoisotopic (exact) mass is 265 g/mol. The summed E-state index contributed by atoms with van der Waals surface area (Å²) in [6.45, 7) is 3.60. The molecular weight excluding hydrogens is 238 g/mol. The molecule has 1 heterocycles. The number of piperidine rings is 1. The molecule has 2 fully saturated rings. The van der Waals surface area contributed by atoms with Crippen LogP contribution in [0.25, 0.3) is 0 Å². The molecule has 0 aromatic heterocycles. The van der Waals surface area contributed by atoms with Gasteiger partial charge in [0.05, 0.1) is 6.61 Å². The quantitative estimate of drug-likeness (QED) is 0.577. The van der Waals surface area contributed by atoms with Gasteiger partial charge in [0.15, 0.2) is 0 Å². The summed E-state index contributed by atoms with van der Waals surface area (Å²) in [5, 5.41) is 0. The van der Waals surface area contributed by atoms with Crippen LogP contribution in [0.3, 0.4) is 0 Å². The van der Waals surface area contributed by atoms with Gasteiger partial charge in [0.25, 0.3) is 0 Å². The first-order valence-corrected chi connectivity index (χ1v) is 7.74. The zero-order valence-corrected chi connectivity index (χ0v) is 12.4. The van der Waals surface area contributed by atoms with Crippen molar-refractivity contribution in [2.75, 3.05) is 20.2 Å². The standard InChI is InChI=1S/C16H27NO2/c1-3-19-16(18)8-4-6-13-9-10-14-7-5-11-17(2)15(14)12-13/h6,14-15H,3-5,7-12H2,1-2H3/b13-6+/t14-,15-/m1/s1. The molecule has 2 rings (SSSR count). The van der Waals surface area contributed by atoms with E-state index in [1.165, 1.54) is 38.6 Å². The van der Waals surface area contributed by atoms with Crippen LogP contribution in [0.5, 0.6) is 0 Å². The van der Waals surface area contributed by atoms with Crippen LogP contribution in [0.2, 0.25) is 0 Å². The summed E-state index contributed by atoms with van der Waals surface area (Å²) < 4.78 is 4.96. The summed E-state index contributed by atoms with van der Waals surface area (Å²) in [6, 6.07) is 0.747. The summed E-state index contributed by atoms with van der Waals surface area (Å²) >= 11 is 0. The zero-order chi connectivity index (χ0) is 13.7. The average Bonchev–Trinajstić information content (AvgIpc) is 2.40. The highest BCUT2D eigenvalue weighted by Gasteiger charge is 2.32. The number of carbonyl (C=O) groups excluding carboxylic acids is 1. The van der Waals surface area contributed by atoms with Gasteiger partial charge < -0.3 is 9.64 Å². The SMILES string of the molecule is CCOC(=O)CC/C=C1\CC[C@H]2CCCN(C)[C@@H]2C1. The number of hydrogen-bond acceptors (Lipinski definition) is 3. The third-order valence-electron chi connectivity index (χ3n) is 4.59. The third kappa shape index (κ3) is 4.07. The molecule has 0 aromatic rings. The number of carbonyl (C=O) groups is 1. The molecule has 0 aromatic carbocycles. The molecule has 0 N–H and O–H groups in total. The summed E-state index contributed by atoms with van der Waals surface area (Å²) in [5.41, 5.74) is 1.55. The molecule has 0 spiro atoms. The molecule has 108 valence electrons. The second-order valence-corrected chi connectivity index (χ2v) is 5.90. The second-order valence-electron chi connectivity index (χ2n) is 5.90. The number of nitrogens with zero attached hydrogens (tertiary/aromatic N) is 1. The smallest absolute Gasteiger partial charge is 0.306 e. The van der Waals surface area contributed by atoms with Gasteiger partial charge in [-0.25, -0.2) is 0 Å². The topological polar surface area (TPSA) is 29.5 Å². The molecule has 0 unspecified atom stereocenters. The van der Waals surface area contributed by atoms with Crippen LogP contribution in [-0.2, 0) is 9.53 Å². The molecule has 3 nitrogen and oxygen atoms in total. The van der Waals surface area contributed by atoms with Crippen LogP contribution in [0.15, 0.2) is 11.6 Å². The minimum absolute atomic E-state index is 0.0668. The van der Waals surface area contributed by atoms with Gasteiger partial charge in [0.1, 0.15) is 0 Å². The lowest BCUT2D eigenvalue weighted by atomic mass is 9.76. The van der Waals surface area contributed by atoms with Crippen molar-refractivity contribution in [3.63, 3.8) is 0 Å². The molecule has 0 amide bonds. The lowest BCUT2D eigenvalue weighted by molar-refractivity contribution is -0.143. The van der Waals surface area contributed by atoms with Crippen LogP contribution < -0.4 is 0 Å². The predicted octanol–water partition coefficient (Wildman–Crippen LogP) is 3.15. The predicted molar refractivity (Wildman–Crippen MR) is 76.9 cm³/mol. The number of likely N-dealkylation sites (tertiary alicyclic amines) is 1. The first-order valence-electron chi connectivity index (χ1n) is 7.74. The average molecular weight is 265 g/mol. The minimum Gasteiger partial charge on any atom is -0.466 e. The van der Waals surface area contributed by atoms with Gasteiger partial charge in [-0.2, -0.15) is 0 Å². The van der Waals surface area contributed by atoms with E-state index in [0.29, 0.717) is 13.0 Å². The Bertz CT molecular complexity index is 338. The van der Waals surface area contributed by atoms with Crippen molar-refractivity contribution in [2.45, 2.75) is 57.9 Å². The van der Waals surface area contributed by atoms with Gasteiger partial charge in [0.2, 0.25) is 0 Å². The Hall–Kier alpha value is -0.830. The normalized spacial score (nSPS) is 30.1. The fraction of sp³-hybridized carbons (Fsp3) is 0.812. The van der Waals surface area contributed by atoms with E-state index in [2.05, 4.69) is 18.0 Å². The van der Waals surface area contributed by atoms with E-state index >= 15 is 0 Å². The Labute approximate surface area is 117 Å². The Morgan fingerprint density at radius 3 is 3.11 bits per heavy atom. The highest BCUT2D eigenvalue weighted by atomic mass is 16.5. The first kappa shape index (κ1) is 14.6. The van der Waals surface area contributed by atoms with Crippen molar-refractivity contribution < 1.29 is 9.53 Å². The highest BCUT2D eigenvalue weighted by molar-refractivity contribution is 5.69. The number of hydrogen-bond donors (Lipinski definition) is 0. The molecule has 0 radical (unpaired) electrons. The van der Waals surface area contributed by atoms with Gasteiger partial charge in [-0.15, -0.1) is 0 Å².